The van der Waals surface area contributed by atoms with E-state index in [1.165, 1.54) is 0 Å². The SMILES string of the molecule is Cc1[nH]nc(Cl)c1C(=O)Nc1ccc(O)c2c1C(C)OC2(C)C. The molecule has 1 amide bonds. The van der Waals surface area contributed by atoms with Gasteiger partial charge in [-0.05, 0) is 39.8 Å². The summed E-state index contributed by atoms with van der Waals surface area (Å²) in [6, 6.07) is 3.22. The molecule has 1 aromatic heterocycles. The first-order chi connectivity index (χ1) is 10.7. The van der Waals surface area contributed by atoms with E-state index >= 15 is 0 Å². The molecular weight excluding hydrogens is 318 g/mol. The van der Waals surface area contributed by atoms with Crippen LogP contribution in [0.2, 0.25) is 5.15 Å². The number of aromatic amines is 1. The zero-order chi connectivity index (χ0) is 16.9. The summed E-state index contributed by atoms with van der Waals surface area (Å²) in [4.78, 5) is 12.5. The van der Waals surface area contributed by atoms with E-state index in [4.69, 9.17) is 16.3 Å². The molecule has 7 heteroatoms. The van der Waals surface area contributed by atoms with E-state index in [-0.39, 0.29) is 22.9 Å². The number of carbonyl (C=O) groups is 1. The van der Waals surface area contributed by atoms with Crippen LogP contribution in [-0.2, 0) is 10.3 Å². The summed E-state index contributed by atoms with van der Waals surface area (Å²) in [6.07, 6.45) is -0.247. The predicted molar refractivity (Wildman–Crippen MR) is 86.9 cm³/mol. The number of H-pyrrole nitrogens is 1. The molecule has 3 N–H and O–H groups in total. The Hall–Kier alpha value is -2.05. The van der Waals surface area contributed by atoms with E-state index in [1.54, 1.807) is 19.1 Å². The third-order valence-corrected chi connectivity index (χ3v) is 4.36. The van der Waals surface area contributed by atoms with Crippen LogP contribution in [0.5, 0.6) is 5.75 Å². The zero-order valence-corrected chi connectivity index (χ0v) is 14.1. The molecule has 2 heterocycles. The van der Waals surface area contributed by atoms with Gasteiger partial charge in [0.2, 0.25) is 0 Å². The maximum Gasteiger partial charge on any atom is 0.260 e. The molecule has 6 nitrogen and oxygen atoms in total. The van der Waals surface area contributed by atoms with Crippen LogP contribution in [0.4, 0.5) is 5.69 Å². The fourth-order valence-electron chi connectivity index (χ4n) is 3.18. The molecule has 1 aliphatic heterocycles. The summed E-state index contributed by atoms with van der Waals surface area (Å²) in [6.45, 7) is 7.39. The van der Waals surface area contributed by atoms with Crippen LogP contribution in [0.3, 0.4) is 0 Å². The van der Waals surface area contributed by atoms with Crippen LogP contribution in [0.15, 0.2) is 12.1 Å². The molecule has 0 aliphatic carbocycles. The summed E-state index contributed by atoms with van der Waals surface area (Å²) in [5, 5.41) is 19.7. The molecule has 0 saturated carbocycles. The number of benzene rings is 1. The molecule has 3 rings (SSSR count). The van der Waals surface area contributed by atoms with E-state index in [1.807, 2.05) is 20.8 Å². The third-order valence-electron chi connectivity index (χ3n) is 4.08. The van der Waals surface area contributed by atoms with Crippen molar-refractivity contribution < 1.29 is 14.6 Å². The van der Waals surface area contributed by atoms with Crippen LogP contribution in [0.1, 0.15) is 54.1 Å². The number of halogens is 1. The van der Waals surface area contributed by atoms with Crippen LogP contribution in [-0.4, -0.2) is 21.2 Å². The van der Waals surface area contributed by atoms with Crippen molar-refractivity contribution in [3.63, 3.8) is 0 Å². The fourth-order valence-corrected chi connectivity index (χ4v) is 3.45. The van der Waals surface area contributed by atoms with Crippen molar-refractivity contribution in [1.82, 2.24) is 10.2 Å². The van der Waals surface area contributed by atoms with E-state index in [0.717, 1.165) is 5.56 Å². The number of rotatable bonds is 2. The lowest BCUT2D eigenvalue weighted by Gasteiger charge is -2.20. The number of phenolic OH excluding ortho intramolecular Hbond substituents is 1. The number of aryl methyl sites for hydroxylation is 1. The Morgan fingerprint density at radius 2 is 2.17 bits per heavy atom. The number of nitrogens with zero attached hydrogens (tertiary/aromatic N) is 1. The van der Waals surface area contributed by atoms with E-state index < -0.39 is 5.60 Å². The third kappa shape index (κ3) is 2.48. The molecule has 1 aromatic carbocycles. The second-order valence-electron chi connectivity index (χ2n) is 6.16. The van der Waals surface area contributed by atoms with Crippen molar-refractivity contribution in [2.75, 3.05) is 5.32 Å². The number of carbonyl (C=O) groups excluding carboxylic acids is 1. The normalized spacial score (nSPS) is 18.7. The molecule has 1 aliphatic rings. The summed E-state index contributed by atoms with van der Waals surface area (Å²) >= 11 is 5.95. The molecule has 0 saturated heterocycles. The summed E-state index contributed by atoms with van der Waals surface area (Å²) in [5.74, 6) is -0.198. The van der Waals surface area contributed by atoms with Gasteiger partial charge in [-0.15, -0.1) is 0 Å². The molecule has 122 valence electrons. The van der Waals surface area contributed by atoms with Crippen LogP contribution in [0.25, 0.3) is 0 Å². The molecule has 23 heavy (non-hydrogen) atoms. The molecule has 0 bridgehead atoms. The first-order valence-corrected chi connectivity index (χ1v) is 7.66. The average Bonchev–Trinajstić information content (AvgIpc) is 2.90. The number of phenols is 1. The largest absolute Gasteiger partial charge is 0.508 e. The number of amides is 1. The maximum atomic E-state index is 12.5. The van der Waals surface area contributed by atoms with Gasteiger partial charge in [-0.1, -0.05) is 11.6 Å². The van der Waals surface area contributed by atoms with Gasteiger partial charge in [-0.25, -0.2) is 0 Å². The smallest absolute Gasteiger partial charge is 0.260 e. The molecule has 1 atom stereocenters. The zero-order valence-electron chi connectivity index (χ0n) is 13.3. The number of hydrogen-bond donors (Lipinski definition) is 3. The van der Waals surface area contributed by atoms with E-state index in [0.29, 0.717) is 22.5 Å². The number of aromatic hydroxyl groups is 1. The summed E-state index contributed by atoms with van der Waals surface area (Å²) in [7, 11) is 0. The Morgan fingerprint density at radius 1 is 1.48 bits per heavy atom. The van der Waals surface area contributed by atoms with E-state index in [9.17, 15) is 9.90 Å². The van der Waals surface area contributed by atoms with Crippen molar-refractivity contribution in [3.8, 4) is 5.75 Å². The Morgan fingerprint density at radius 3 is 2.78 bits per heavy atom. The summed E-state index contributed by atoms with van der Waals surface area (Å²) < 4.78 is 5.90. The Balaban J connectivity index is 2.03. The number of fused-ring (bicyclic) bond motifs is 1. The van der Waals surface area contributed by atoms with Crippen molar-refractivity contribution in [2.45, 2.75) is 39.4 Å². The quantitative estimate of drug-likeness (QED) is 0.731. The van der Waals surface area contributed by atoms with Gasteiger partial charge in [-0.2, -0.15) is 5.10 Å². The van der Waals surface area contributed by atoms with Crippen LogP contribution < -0.4 is 5.32 Å². The fraction of sp³-hybridized carbons (Fsp3) is 0.375. The topological polar surface area (TPSA) is 87.2 Å². The average molecular weight is 336 g/mol. The van der Waals surface area contributed by atoms with Crippen LogP contribution >= 0.6 is 11.6 Å². The lowest BCUT2D eigenvalue weighted by molar-refractivity contribution is -0.0441. The highest BCUT2D eigenvalue weighted by Gasteiger charge is 2.40. The van der Waals surface area contributed by atoms with Gasteiger partial charge < -0.3 is 15.2 Å². The van der Waals surface area contributed by atoms with Gasteiger partial charge >= 0.3 is 0 Å². The lowest BCUT2D eigenvalue weighted by Crippen LogP contribution is -2.16. The van der Waals surface area contributed by atoms with Crippen molar-refractivity contribution in [3.05, 3.63) is 39.7 Å². The standard InChI is InChI=1S/C16H18ClN3O3/c1-7-11(14(17)20-19-7)15(22)18-9-5-6-10(21)13-12(9)8(2)23-16(13,3)4/h5-6,8,21H,1-4H3,(H,18,22)(H,19,20). The second kappa shape index (κ2) is 5.25. The van der Waals surface area contributed by atoms with Gasteiger partial charge in [0.25, 0.3) is 5.91 Å². The number of aromatic nitrogens is 2. The first-order valence-electron chi connectivity index (χ1n) is 7.28. The molecular formula is C16H18ClN3O3. The van der Waals surface area contributed by atoms with Crippen LogP contribution in [0, 0.1) is 6.92 Å². The Bertz CT molecular complexity index is 779. The first kappa shape index (κ1) is 15.8. The minimum absolute atomic E-state index is 0.125. The predicted octanol–water partition coefficient (Wildman–Crippen LogP) is 3.66. The monoisotopic (exact) mass is 335 g/mol. The minimum atomic E-state index is -0.622. The number of nitrogens with one attached hydrogen (secondary N) is 2. The molecule has 2 aromatic rings. The number of anilines is 1. The molecule has 0 spiro atoms. The van der Waals surface area contributed by atoms with Gasteiger partial charge in [0.15, 0.2) is 5.15 Å². The van der Waals surface area contributed by atoms with E-state index in [2.05, 4.69) is 15.5 Å². The molecule has 1 unspecified atom stereocenters. The summed E-state index contributed by atoms with van der Waals surface area (Å²) in [5.41, 5.74) is 2.34. The maximum absolute atomic E-state index is 12.5. The Kier molecular flexibility index (Phi) is 3.61. The van der Waals surface area contributed by atoms with Gasteiger partial charge in [-0.3, -0.25) is 9.89 Å². The minimum Gasteiger partial charge on any atom is -0.508 e. The highest BCUT2D eigenvalue weighted by Crippen LogP contribution is 2.50. The molecule has 0 fully saturated rings. The highest BCUT2D eigenvalue weighted by molar-refractivity contribution is 6.33. The van der Waals surface area contributed by atoms with Gasteiger partial charge in [0, 0.05) is 22.5 Å². The van der Waals surface area contributed by atoms with Crippen molar-refractivity contribution in [2.24, 2.45) is 0 Å². The highest BCUT2D eigenvalue weighted by atomic mass is 35.5. The van der Waals surface area contributed by atoms with Crippen molar-refractivity contribution >= 4 is 23.2 Å². The second-order valence-corrected chi connectivity index (χ2v) is 6.52. The van der Waals surface area contributed by atoms with Gasteiger partial charge in [0.05, 0.1) is 17.3 Å². The number of ether oxygens (including phenoxy) is 1. The van der Waals surface area contributed by atoms with Gasteiger partial charge in [0.1, 0.15) is 5.75 Å². The molecule has 0 radical (unpaired) electrons. The Labute approximate surface area is 138 Å². The number of hydrogen-bond acceptors (Lipinski definition) is 4. The van der Waals surface area contributed by atoms with Crippen molar-refractivity contribution in [1.29, 1.82) is 0 Å². The lowest BCUT2D eigenvalue weighted by atomic mass is 9.92.